The van der Waals surface area contributed by atoms with Crippen LogP contribution in [-0.4, -0.2) is 82.3 Å². The molecular formula is C81H157NO8. The van der Waals surface area contributed by atoms with E-state index in [-0.39, 0.29) is 32.2 Å². The van der Waals surface area contributed by atoms with Gasteiger partial charge in [-0.1, -0.05) is 392 Å². The van der Waals surface area contributed by atoms with Crippen molar-refractivity contribution in [3.8, 4) is 0 Å². The topological polar surface area (TPSA) is 111 Å². The second-order valence-corrected chi connectivity index (χ2v) is 29.1. The van der Waals surface area contributed by atoms with Gasteiger partial charge in [0.2, 0.25) is 0 Å². The lowest BCUT2D eigenvalue weighted by Gasteiger charge is -2.26. The summed E-state index contributed by atoms with van der Waals surface area (Å²) >= 11 is 0. The van der Waals surface area contributed by atoms with Gasteiger partial charge in [0.15, 0.2) is 12.4 Å². The molecule has 0 fully saturated rings. The summed E-state index contributed by atoms with van der Waals surface area (Å²) in [5.41, 5.74) is 0. The third-order valence-corrected chi connectivity index (χ3v) is 18.8. The van der Waals surface area contributed by atoms with Crippen molar-refractivity contribution in [1.29, 1.82) is 0 Å². The predicted molar refractivity (Wildman–Crippen MR) is 385 cm³/mol. The molecule has 9 nitrogen and oxygen atoms in total. The number of rotatable bonds is 77. The fourth-order valence-electron chi connectivity index (χ4n) is 12.6. The molecule has 0 aliphatic rings. The molecule has 90 heavy (non-hydrogen) atoms. The highest BCUT2D eigenvalue weighted by atomic mass is 16.7. The van der Waals surface area contributed by atoms with Crippen LogP contribution in [0.3, 0.4) is 0 Å². The number of carbonyl (C=O) groups is 3. The molecule has 2 unspecified atom stereocenters. The molecule has 0 heterocycles. The van der Waals surface area contributed by atoms with E-state index < -0.39 is 24.3 Å². The third kappa shape index (κ3) is 73.4. The molecule has 534 valence electrons. The number of unbranched alkanes of at least 4 members (excludes halogenated alkanes) is 60. The molecule has 0 aromatic rings. The van der Waals surface area contributed by atoms with Gasteiger partial charge >= 0.3 is 11.9 Å². The van der Waals surface area contributed by atoms with Crippen LogP contribution in [0.5, 0.6) is 0 Å². The van der Waals surface area contributed by atoms with E-state index >= 15 is 0 Å². The largest absolute Gasteiger partial charge is 0.545 e. The molecule has 0 spiro atoms. The van der Waals surface area contributed by atoms with Crippen LogP contribution in [0.2, 0.25) is 0 Å². The number of hydrogen-bond acceptors (Lipinski definition) is 8. The molecule has 0 radical (unpaired) electrons. The average Bonchev–Trinajstić information content (AvgIpc) is 3.74. The van der Waals surface area contributed by atoms with Crippen molar-refractivity contribution in [2.24, 2.45) is 0 Å². The van der Waals surface area contributed by atoms with Gasteiger partial charge in [0.1, 0.15) is 13.2 Å². The van der Waals surface area contributed by atoms with Gasteiger partial charge in [-0.25, -0.2) is 0 Å². The summed E-state index contributed by atoms with van der Waals surface area (Å²) in [5.74, 6) is -2.24. The number of aliphatic carboxylic acids is 1. The van der Waals surface area contributed by atoms with Gasteiger partial charge in [-0.05, 0) is 38.5 Å². The smallest absolute Gasteiger partial charge is 0.306 e. The molecule has 9 heteroatoms. The van der Waals surface area contributed by atoms with Crippen molar-refractivity contribution in [3.05, 3.63) is 12.2 Å². The van der Waals surface area contributed by atoms with Gasteiger partial charge in [-0.3, -0.25) is 9.59 Å². The Morgan fingerprint density at radius 1 is 0.322 bits per heavy atom. The summed E-state index contributed by atoms with van der Waals surface area (Å²) in [6, 6.07) is 0. The molecule has 0 aromatic carbocycles. The third-order valence-electron chi connectivity index (χ3n) is 18.8. The molecule has 0 saturated carbocycles. The van der Waals surface area contributed by atoms with E-state index in [1.165, 1.54) is 366 Å². The number of esters is 2. The lowest BCUT2D eigenvalue weighted by atomic mass is 10.0. The van der Waals surface area contributed by atoms with Crippen LogP contribution < -0.4 is 5.11 Å². The molecule has 0 saturated heterocycles. The zero-order valence-corrected chi connectivity index (χ0v) is 61.3. The van der Waals surface area contributed by atoms with E-state index in [9.17, 15) is 19.5 Å². The second kappa shape index (κ2) is 72.9. The molecule has 0 aromatic heterocycles. The summed E-state index contributed by atoms with van der Waals surface area (Å²) in [6.45, 7) is 4.84. The highest BCUT2D eigenvalue weighted by Crippen LogP contribution is 2.20. The standard InChI is InChI=1S/C81H157NO8/c1-6-8-10-12-14-16-18-20-22-24-26-28-30-32-34-36-37-38-39-40-41-42-44-45-47-49-51-53-55-57-59-61-63-65-67-69-71-78(83)88-75-77(76-89-81(80(85)86)87-74-73-82(3,4)5)90-79(84)72-70-68-66-64-62-60-58-56-54-52-50-48-46-43-35-33-31-29-27-25-23-21-19-17-15-13-11-9-7-2/h25,27,77,81H,6-24,26,28-76H2,1-5H3/b27-25-. The maximum absolute atomic E-state index is 13.0. The monoisotopic (exact) mass is 1270 g/mol. The highest BCUT2D eigenvalue weighted by Gasteiger charge is 2.22. The first kappa shape index (κ1) is 88.0. The number of allylic oxidation sites excluding steroid dienone is 2. The molecule has 2 atom stereocenters. The molecule has 0 N–H and O–H groups in total. The van der Waals surface area contributed by atoms with Gasteiger partial charge in [-0.2, -0.15) is 0 Å². The Balaban J connectivity index is 3.94. The molecule has 0 bridgehead atoms. The Morgan fingerprint density at radius 2 is 0.567 bits per heavy atom. The quantitative estimate of drug-likeness (QED) is 0.0195. The zero-order valence-electron chi connectivity index (χ0n) is 61.3. The Bertz CT molecular complexity index is 1480. The minimum absolute atomic E-state index is 0.153. The van der Waals surface area contributed by atoms with Crippen molar-refractivity contribution >= 4 is 17.9 Å². The Morgan fingerprint density at radius 3 is 0.822 bits per heavy atom. The number of likely N-dealkylation sites (N-methyl/N-ethyl adjacent to an activating group) is 1. The summed E-state index contributed by atoms with van der Waals surface area (Å²) in [6.07, 6.45) is 87.8. The summed E-state index contributed by atoms with van der Waals surface area (Å²) in [5, 5.41) is 11.9. The van der Waals surface area contributed by atoms with Crippen LogP contribution in [0.25, 0.3) is 0 Å². The number of ether oxygens (including phenoxy) is 4. The normalized spacial score (nSPS) is 12.6. The van der Waals surface area contributed by atoms with Crippen LogP contribution in [0.1, 0.15) is 431 Å². The van der Waals surface area contributed by atoms with Crippen LogP contribution in [0.4, 0.5) is 0 Å². The van der Waals surface area contributed by atoms with E-state index in [0.29, 0.717) is 17.4 Å². The first-order chi connectivity index (χ1) is 44.1. The highest BCUT2D eigenvalue weighted by molar-refractivity contribution is 5.70. The van der Waals surface area contributed by atoms with Crippen molar-refractivity contribution in [2.45, 2.75) is 444 Å². The molecular weight excluding hydrogens is 1110 g/mol. The van der Waals surface area contributed by atoms with Crippen molar-refractivity contribution in [3.63, 3.8) is 0 Å². The van der Waals surface area contributed by atoms with Crippen LogP contribution in [-0.2, 0) is 33.3 Å². The number of carboxylic acids is 1. The number of nitrogens with zero attached hydrogens (tertiary/aromatic N) is 1. The zero-order chi connectivity index (χ0) is 65.4. The Kier molecular flexibility index (Phi) is 71.3. The Hall–Kier alpha value is -1.97. The first-order valence-electron chi connectivity index (χ1n) is 40.3. The minimum atomic E-state index is -1.62. The lowest BCUT2D eigenvalue weighted by Crippen LogP contribution is -2.44. The number of carboxylic acid groups (broad SMARTS) is 1. The molecule has 0 aliphatic heterocycles. The first-order valence-corrected chi connectivity index (χ1v) is 40.3. The van der Waals surface area contributed by atoms with E-state index in [4.69, 9.17) is 18.9 Å². The maximum Gasteiger partial charge on any atom is 0.306 e. The lowest BCUT2D eigenvalue weighted by molar-refractivity contribution is -0.870. The van der Waals surface area contributed by atoms with Gasteiger partial charge < -0.3 is 33.3 Å². The fraction of sp³-hybridized carbons (Fsp3) is 0.938. The van der Waals surface area contributed by atoms with Crippen molar-refractivity contribution in [1.82, 2.24) is 0 Å². The van der Waals surface area contributed by atoms with Gasteiger partial charge in [0.25, 0.3) is 0 Å². The van der Waals surface area contributed by atoms with Gasteiger partial charge in [0, 0.05) is 12.8 Å². The summed E-state index contributed by atoms with van der Waals surface area (Å²) in [7, 11) is 5.95. The van der Waals surface area contributed by atoms with Gasteiger partial charge in [0.05, 0.1) is 40.3 Å². The second-order valence-electron chi connectivity index (χ2n) is 29.1. The molecule has 0 amide bonds. The summed E-state index contributed by atoms with van der Waals surface area (Å²) < 4.78 is 22.9. The fourth-order valence-corrected chi connectivity index (χ4v) is 12.6. The maximum atomic E-state index is 13.0. The minimum Gasteiger partial charge on any atom is -0.545 e. The number of hydrogen-bond donors (Lipinski definition) is 0. The van der Waals surface area contributed by atoms with Crippen LogP contribution >= 0.6 is 0 Å². The Labute approximate surface area is 561 Å². The van der Waals surface area contributed by atoms with Crippen molar-refractivity contribution < 1.29 is 42.9 Å². The SMILES string of the molecule is CCCCCCCCCC/C=C\CCCCCCCCCCCCCCCCCCCC(=O)OC(COC(=O)CCCCCCCCCCCCCCCCCCCCCCCCCCCCCCCCCCCCCC)COC(OCC[N+](C)(C)C)C(=O)[O-]. The predicted octanol–water partition coefficient (Wildman–Crippen LogP) is 24.2. The van der Waals surface area contributed by atoms with E-state index in [0.717, 1.165) is 38.5 Å². The number of quaternary nitrogens is 1. The average molecular weight is 1270 g/mol. The van der Waals surface area contributed by atoms with Gasteiger partial charge in [-0.15, -0.1) is 0 Å². The van der Waals surface area contributed by atoms with Crippen molar-refractivity contribution in [2.75, 3.05) is 47.5 Å². The molecule has 0 rings (SSSR count). The number of carbonyl (C=O) groups excluding carboxylic acids is 3. The van der Waals surface area contributed by atoms with E-state index in [1.54, 1.807) is 0 Å². The van der Waals surface area contributed by atoms with Crippen LogP contribution in [0.15, 0.2) is 12.2 Å². The molecule has 0 aliphatic carbocycles. The summed E-state index contributed by atoms with van der Waals surface area (Å²) in [4.78, 5) is 37.6. The van der Waals surface area contributed by atoms with E-state index in [2.05, 4.69) is 26.0 Å². The van der Waals surface area contributed by atoms with Crippen LogP contribution in [0, 0.1) is 0 Å². The van der Waals surface area contributed by atoms with E-state index in [1.807, 2.05) is 21.1 Å².